The summed E-state index contributed by atoms with van der Waals surface area (Å²) in [7, 11) is 1.56. The molecule has 1 aliphatic rings. The molecule has 1 aromatic carbocycles. The number of nitrogens with zero attached hydrogens (tertiary/aromatic N) is 2. The first-order valence-corrected chi connectivity index (χ1v) is 7.25. The number of aromatic amines is 1. The van der Waals surface area contributed by atoms with Crippen molar-refractivity contribution in [3.63, 3.8) is 0 Å². The third-order valence-electron chi connectivity index (χ3n) is 3.99. The number of H-pyrrole nitrogens is 1. The third-order valence-corrected chi connectivity index (χ3v) is 3.99. The number of carboxylic acids is 1. The average molecular weight is 315 g/mol. The summed E-state index contributed by atoms with van der Waals surface area (Å²) >= 11 is 0. The highest BCUT2D eigenvalue weighted by molar-refractivity contribution is 5.85. The van der Waals surface area contributed by atoms with E-state index < -0.39 is 12.0 Å². The SMILES string of the molecule is COc1cccc(CC(=O)N2Cc3[nH]cnc3CC2C(=O)O)c1. The topological polar surface area (TPSA) is 95.5 Å². The first-order chi connectivity index (χ1) is 11.1. The minimum absolute atomic E-state index is 0.129. The van der Waals surface area contributed by atoms with Crippen LogP contribution in [0, 0.1) is 0 Å². The van der Waals surface area contributed by atoms with Crippen molar-refractivity contribution in [2.75, 3.05) is 7.11 Å². The van der Waals surface area contributed by atoms with Crippen LogP contribution in [-0.4, -0.2) is 45.0 Å². The fraction of sp³-hybridized carbons (Fsp3) is 0.312. The molecule has 1 aromatic heterocycles. The van der Waals surface area contributed by atoms with E-state index >= 15 is 0 Å². The molecule has 2 heterocycles. The number of aromatic nitrogens is 2. The maximum absolute atomic E-state index is 12.6. The van der Waals surface area contributed by atoms with Gasteiger partial charge in [-0.1, -0.05) is 12.1 Å². The zero-order valence-electron chi connectivity index (χ0n) is 12.7. The molecule has 3 rings (SSSR count). The summed E-state index contributed by atoms with van der Waals surface area (Å²) in [6.07, 6.45) is 1.88. The lowest BCUT2D eigenvalue weighted by Gasteiger charge is -2.32. The van der Waals surface area contributed by atoms with Gasteiger partial charge in [0, 0.05) is 6.42 Å². The standard InChI is InChI=1S/C16H17N3O4/c1-23-11-4-2-3-10(5-11)6-15(20)19-8-13-12(17-9-18-13)7-14(19)16(21)22/h2-5,9,14H,6-8H2,1H3,(H,17,18)(H,21,22). The number of rotatable bonds is 4. The number of carbonyl (C=O) groups excluding carboxylic acids is 1. The van der Waals surface area contributed by atoms with Crippen molar-refractivity contribution < 1.29 is 19.4 Å². The van der Waals surface area contributed by atoms with Gasteiger partial charge in [-0.3, -0.25) is 4.79 Å². The first-order valence-electron chi connectivity index (χ1n) is 7.25. The molecule has 23 heavy (non-hydrogen) atoms. The minimum atomic E-state index is -1.02. The molecule has 2 N–H and O–H groups in total. The van der Waals surface area contributed by atoms with Gasteiger partial charge in [0.25, 0.3) is 0 Å². The molecule has 0 bridgehead atoms. The fourth-order valence-corrected chi connectivity index (χ4v) is 2.78. The second kappa shape index (κ2) is 6.12. The molecule has 0 fully saturated rings. The van der Waals surface area contributed by atoms with Gasteiger partial charge in [0.2, 0.25) is 5.91 Å². The quantitative estimate of drug-likeness (QED) is 0.877. The predicted molar refractivity (Wildman–Crippen MR) is 81.0 cm³/mol. The molecule has 0 saturated carbocycles. The van der Waals surface area contributed by atoms with Crippen LogP contribution in [0.1, 0.15) is 17.0 Å². The molecule has 0 saturated heterocycles. The minimum Gasteiger partial charge on any atom is -0.497 e. The molecular weight excluding hydrogens is 298 g/mol. The van der Waals surface area contributed by atoms with E-state index in [1.165, 1.54) is 11.2 Å². The number of aliphatic carboxylic acids is 1. The van der Waals surface area contributed by atoms with Crippen molar-refractivity contribution in [1.29, 1.82) is 0 Å². The summed E-state index contributed by atoms with van der Waals surface area (Å²) < 4.78 is 5.15. The summed E-state index contributed by atoms with van der Waals surface area (Å²) in [5.74, 6) is -0.580. The van der Waals surface area contributed by atoms with Crippen molar-refractivity contribution in [2.45, 2.75) is 25.4 Å². The number of amides is 1. The number of methoxy groups -OCH3 is 1. The van der Waals surface area contributed by atoms with Gasteiger partial charge in [0.15, 0.2) is 0 Å². The monoisotopic (exact) mass is 315 g/mol. The van der Waals surface area contributed by atoms with Crippen LogP contribution in [0.2, 0.25) is 0 Å². The van der Waals surface area contributed by atoms with Gasteiger partial charge in [-0.2, -0.15) is 0 Å². The van der Waals surface area contributed by atoms with Crippen molar-refractivity contribution in [3.05, 3.63) is 47.5 Å². The number of hydrogen-bond acceptors (Lipinski definition) is 4. The summed E-state index contributed by atoms with van der Waals surface area (Å²) in [5, 5.41) is 9.42. The molecule has 1 amide bonds. The van der Waals surface area contributed by atoms with Gasteiger partial charge in [-0.15, -0.1) is 0 Å². The van der Waals surface area contributed by atoms with Crippen LogP contribution in [0.25, 0.3) is 0 Å². The second-order valence-corrected chi connectivity index (χ2v) is 5.44. The van der Waals surface area contributed by atoms with Crippen LogP contribution in [0.15, 0.2) is 30.6 Å². The lowest BCUT2D eigenvalue weighted by Crippen LogP contribution is -2.49. The van der Waals surface area contributed by atoms with Crippen molar-refractivity contribution in [3.8, 4) is 5.75 Å². The Labute approximate surface area is 132 Å². The number of carbonyl (C=O) groups is 2. The van der Waals surface area contributed by atoms with Crippen LogP contribution in [0.3, 0.4) is 0 Å². The Balaban J connectivity index is 1.80. The summed E-state index contributed by atoms with van der Waals surface area (Å²) in [6.45, 7) is 0.231. The van der Waals surface area contributed by atoms with Crippen molar-refractivity contribution >= 4 is 11.9 Å². The van der Waals surface area contributed by atoms with Gasteiger partial charge < -0.3 is 19.7 Å². The number of fused-ring (bicyclic) bond motifs is 1. The van der Waals surface area contributed by atoms with Crippen LogP contribution in [-0.2, 0) is 29.0 Å². The highest BCUT2D eigenvalue weighted by Gasteiger charge is 2.35. The Kier molecular flexibility index (Phi) is 4.01. The summed E-state index contributed by atoms with van der Waals surface area (Å²) in [5.41, 5.74) is 2.29. The van der Waals surface area contributed by atoms with Crippen LogP contribution < -0.4 is 4.74 Å². The van der Waals surface area contributed by atoms with Crippen LogP contribution in [0.5, 0.6) is 5.75 Å². The van der Waals surface area contributed by atoms with E-state index in [-0.39, 0.29) is 25.3 Å². The van der Waals surface area contributed by atoms with E-state index in [2.05, 4.69) is 9.97 Å². The Morgan fingerprint density at radius 2 is 2.30 bits per heavy atom. The molecule has 1 unspecified atom stereocenters. The highest BCUT2D eigenvalue weighted by atomic mass is 16.5. The number of hydrogen-bond donors (Lipinski definition) is 2. The Morgan fingerprint density at radius 3 is 3.04 bits per heavy atom. The Morgan fingerprint density at radius 1 is 1.48 bits per heavy atom. The largest absolute Gasteiger partial charge is 0.497 e. The van der Waals surface area contributed by atoms with E-state index in [0.717, 1.165) is 11.3 Å². The average Bonchev–Trinajstić information content (AvgIpc) is 3.01. The summed E-state index contributed by atoms with van der Waals surface area (Å²) in [6, 6.07) is 6.32. The zero-order valence-corrected chi connectivity index (χ0v) is 12.7. The lowest BCUT2D eigenvalue weighted by atomic mass is 10.0. The number of carboxylic acid groups (broad SMARTS) is 1. The maximum atomic E-state index is 12.6. The van der Waals surface area contributed by atoms with Gasteiger partial charge in [-0.25, -0.2) is 9.78 Å². The van der Waals surface area contributed by atoms with Gasteiger partial charge in [-0.05, 0) is 17.7 Å². The smallest absolute Gasteiger partial charge is 0.326 e. The van der Waals surface area contributed by atoms with Gasteiger partial charge in [0.05, 0.1) is 37.8 Å². The predicted octanol–water partition coefficient (Wildman–Crippen LogP) is 0.999. The molecule has 1 aliphatic heterocycles. The molecule has 7 heteroatoms. The van der Waals surface area contributed by atoms with Crippen molar-refractivity contribution in [1.82, 2.24) is 14.9 Å². The molecule has 0 aliphatic carbocycles. The first kappa shape index (κ1) is 15.1. The maximum Gasteiger partial charge on any atom is 0.326 e. The Bertz CT molecular complexity index is 740. The molecule has 1 atom stereocenters. The van der Waals surface area contributed by atoms with E-state index in [4.69, 9.17) is 4.74 Å². The van der Waals surface area contributed by atoms with Crippen LogP contribution in [0.4, 0.5) is 0 Å². The number of nitrogens with one attached hydrogen (secondary N) is 1. The molecule has 0 radical (unpaired) electrons. The van der Waals surface area contributed by atoms with Gasteiger partial charge >= 0.3 is 5.97 Å². The highest BCUT2D eigenvalue weighted by Crippen LogP contribution is 2.22. The number of imidazole rings is 1. The molecule has 2 aromatic rings. The normalized spacial score (nSPS) is 16.7. The molecular formula is C16H17N3O4. The van der Waals surface area contributed by atoms with Crippen LogP contribution >= 0.6 is 0 Å². The molecule has 7 nitrogen and oxygen atoms in total. The van der Waals surface area contributed by atoms with Crippen molar-refractivity contribution in [2.24, 2.45) is 0 Å². The zero-order chi connectivity index (χ0) is 16.4. The second-order valence-electron chi connectivity index (χ2n) is 5.44. The van der Waals surface area contributed by atoms with E-state index in [1.807, 2.05) is 6.07 Å². The molecule has 120 valence electrons. The third kappa shape index (κ3) is 3.03. The van der Waals surface area contributed by atoms with E-state index in [1.54, 1.807) is 25.3 Å². The van der Waals surface area contributed by atoms with E-state index in [9.17, 15) is 14.7 Å². The number of benzene rings is 1. The summed E-state index contributed by atoms with van der Waals surface area (Å²) in [4.78, 5) is 32.6. The van der Waals surface area contributed by atoms with E-state index in [0.29, 0.717) is 11.4 Å². The Hall–Kier alpha value is -2.83. The van der Waals surface area contributed by atoms with Gasteiger partial charge in [0.1, 0.15) is 11.8 Å². The number of ether oxygens (including phenoxy) is 1. The molecule has 0 spiro atoms. The fourth-order valence-electron chi connectivity index (χ4n) is 2.78. The lowest BCUT2D eigenvalue weighted by molar-refractivity contribution is -0.151.